The molecule has 8 nitrogen and oxygen atoms in total. The second kappa shape index (κ2) is 14.3. The number of amides is 3. The molecule has 3 atom stereocenters. The summed E-state index contributed by atoms with van der Waals surface area (Å²) >= 11 is 0. The van der Waals surface area contributed by atoms with E-state index in [1.54, 1.807) is 19.1 Å². The molecular formula is C33H38F2N4O4. The van der Waals surface area contributed by atoms with E-state index >= 15 is 0 Å². The van der Waals surface area contributed by atoms with E-state index < -0.39 is 47.5 Å². The lowest BCUT2D eigenvalue weighted by atomic mass is 9.99. The van der Waals surface area contributed by atoms with Gasteiger partial charge >= 0.3 is 0 Å². The van der Waals surface area contributed by atoms with Crippen molar-refractivity contribution in [3.8, 4) is 0 Å². The number of benzene rings is 3. The number of aryl methyl sites for hydroxylation is 2. The van der Waals surface area contributed by atoms with Crippen LogP contribution in [0.4, 0.5) is 8.78 Å². The number of hydrogen-bond acceptors (Lipinski definition) is 5. The summed E-state index contributed by atoms with van der Waals surface area (Å²) in [6.07, 6.45) is 0.872. The number of nitrogens with two attached hydrogens (primary N) is 1. The molecule has 0 radical (unpaired) electrons. The molecule has 0 aromatic heterocycles. The van der Waals surface area contributed by atoms with Crippen molar-refractivity contribution < 1.29 is 28.3 Å². The molecule has 3 aromatic carbocycles. The van der Waals surface area contributed by atoms with E-state index in [1.807, 2.05) is 18.2 Å². The van der Waals surface area contributed by atoms with Gasteiger partial charge in [-0.15, -0.1) is 0 Å². The fourth-order valence-corrected chi connectivity index (χ4v) is 5.49. The number of hydrogen-bond donors (Lipinski definition) is 4. The average Bonchev–Trinajstić information content (AvgIpc) is 3.46. The molecule has 1 saturated heterocycles. The normalized spacial score (nSPS) is 16.1. The smallest absolute Gasteiger partial charge is 0.254 e. The number of primary amides is 1. The van der Waals surface area contributed by atoms with Crippen LogP contribution in [0.5, 0.6) is 0 Å². The van der Waals surface area contributed by atoms with Crippen LogP contribution in [0, 0.1) is 18.6 Å². The first-order valence-corrected chi connectivity index (χ1v) is 14.5. The van der Waals surface area contributed by atoms with Crippen LogP contribution >= 0.6 is 0 Å². The van der Waals surface area contributed by atoms with Gasteiger partial charge in [0.25, 0.3) is 11.8 Å². The number of nitrogens with zero attached hydrogens (tertiary/aromatic N) is 1. The molecule has 1 fully saturated rings. The number of aliphatic hydroxyl groups excluding tert-OH is 1. The molecule has 1 heterocycles. The lowest BCUT2D eigenvalue weighted by molar-refractivity contribution is -0.121. The molecule has 228 valence electrons. The van der Waals surface area contributed by atoms with Crippen molar-refractivity contribution in [2.24, 2.45) is 5.73 Å². The molecule has 1 aliphatic heterocycles. The standard InChI is InChI=1S/C33H38F2N4O4/c1-3-21-6-4-7-22(12-21)18-37-19-30(40)28(15-23-13-26(34)17-27(35)14-23)38-32(42)24-10-20(2)11-25(16-24)33(43)39-9-5-8-29(39)31(36)41/h4,6-7,10-14,16-17,28-30,37,40H,3,5,8-9,15,18-19H2,1-2H3,(H2,36,41)(H,38,42)/t28-,29+,30+/m0/s1. The summed E-state index contributed by atoms with van der Waals surface area (Å²) in [6, 6.07) is 14.2. The van der Waals surface area contributed by atoms with E-state index in [0.717, 1.165) is 30.2 Å². The van der Waals surface area contributed by atoms with Gasteiger partial charge in [-0.25, -0.2) is 8.78 Å². The Hall–Kier alpha value is -4.15. The van der Waals surface area contributed by atoms with Crippen molar-refractivity contribution in [1.82, 2.24) is 15.5 Å². The zero-order valence-electron chi connectivity index (χ0n) is 24.4. The van der Waals surface area contributed by atoms with Gasteiger partial charge < -0.3 is 26.4 Å². The van der Waals surface area contributed by atoms with Gasteiger partial charge in [0.2, 0.25) is 5.91 Å². The van der Waals surface area contributed by atoms with Crippen LogP contribution in [0.15, 0.2) is 60.7 Å². The van der Waals surface area contributed by atoms with Gasteiger partial charge in [-0.1, -0.05) is 31.2 Å². The third kappa shape index (κ3) is 8.46. The molecule has 4 rings (SSSR count). The second-order valence-electron chi connectivity index (χ2n) is 11.1. The number of rotatable bonds is 12. The summed E-state index contributed by atoms with van der Waals surface area (Å²) in [5.74, 6) is -3.07. The Balaban J connectivity index is 1.52. The van der Waals surface area contributed by atoms with Crippen molar-refractivity contribution in [3.05, 3.63) is 106 Å². The maximum Gasteiger partial charge on any atom is 0.254 e. The van der Waals surface area contributed by atoms with Crippen molar-refractivity contribution in [3.63, 3.8) is 0 Å². The van der Waals surface area contributed by atoms with E-state index in [0.29, 0.717) is 31.5 Å². The highest BCUT2D eigenvalue weighted by molar-refractivity contribution is 6.01. The fourth-order valence-electron chi connectivity index (χ4n) is 5.49. The maximum atomic E-state index is 14.0. The minimum Gasteiger partial charge on any atom is -0.390 e. The molecule has 0 bridgehead atoms. The van der Waals surface area contributed by atoms with Crippen molar-refractivity contribution in [1.29, 1.82) is 0 Å². The average molecular weight is 593 g/mol. The van der Waals surface area contributed by atoms with E-state index in [9.17, 15) is 28.3 Å². The molecule has 0 saturated carbocycles. The molecular weight excluding hydrogens is 554 g/mol. The highest BCUT2D eigenvalue weighted by Gasteiger charge is 2.33. The van der Waals surface area contributed by atoms with Crippen LogP contribution < -0.4 is 16.4 Å². The highest BCUT2D eigenvalue weighted by atomic mass is 19.1. The molecule has 3 amide bonds. The summed E-state index contributed by atoms with van der Waals surface area (Å²) in [5.41, 5.74) is 9.02. The largest absolute Gasteiger partial charge is 0.390 e. The van der Waals surface area contributed by atoms with Crippen molar-refractivity contribution in [2.45, 2.75) is 64.3 Å². The number of halogens is 2. The maximum absolute atomic E-state index is 14.0. The molecule has 1 aliphatic rings. The van der Waals surface area contributed by atoms with Gasteiger partial charge in [0.15, 0.2) is 0 Å². The zero-order chi connectivity index (χ0) is 31.1. The van der Waals surface area contributed by atoms with Gasteiger partial charge in [-0.2, -0.15) is 0 Å². The van der Waals surface area contributed by atoms with Crippen LogP contribution in [0.3, 0.4) is 0 Å². The van der Waals surface area contributed by atoms with Crippen LogP contribution in [0.2, 0.25) is 0 Å². The summed E-state index contributed by atoms with van der Waals surface area (Å²) in [5, 5.41) is 17.1. The van der Waals surface area contributed by atoms with Crippen molar-refractivity contribution >= 4 is 17.7 Å². The van der Waals surface area contributed by atoms with Gasteiger partial charge in [0.05, 0.1) is 12.1 Å². The monoisotopic (exact) mass is 592 g/mol. The molecule has 0 spiro atoms. The summed E-state index contributed by atoms with van der Waals surface area (Å²) in [4.78, 5) is 40.0. The van der Waals surface area contributed by atoms with Crippen LogP contribution in [-0.2, 0) is 24.2 Å². The van der Waals surface area contributed by atoms with Gasteiger partial charge in [0, 0.05) is 36.8 Å². The third-order valence-corrected chi connectivity index (χ3v) is 7.67. The Morgan fingerprint density at radius 3 is 2.40 bits per heavy atom. The van der Waals surface area contributed by atoms with E-state index in [4.69, 9.17) is 5.73 Å². The van der Waals surface area contributed by atoms with Gasteiger partial charge in [-0.3, -0.25) is 14.4 Å². The van der Waals surface area contributed by atoms with Gasteiger partial charge in [-0.05, 0) is 85.2 Å². The molecule has 5 N–H and O–H groups in total. The highest BCUT2D eigenvalue weighted by Crippen LogP contribution is 2.22. The van der Waals surface area contributed by atoms with Crippen LogP contribution in [0.1, 0.15) is 62.7 Å². The second-order valence-corrected chi connectivity index (χ2v) is 11.1. The number of aliphatic hydroxyl groups is 1. The first-order chi connectivity index (χ1) is 20.5. The Kier molecular flexibility index (Phi) is 10.6. The Morgan fingerprint density at radius 2 is 1.70 bits per heavy atom. The molecule has 10 heteroatoms. The van der Waals surface area contributed by atoms with E-state index in [-0.39, 0.29) is 29.7 Å². The number of carbonyl (C=O) groups excluding carboxylic acids is 3. The first-order valence-electron chi connectivity index (χ1n) is 14.5. The summed E-state index contributed by atoms with van der Waals surface area (Å²) in [6.45, 7) is 4.76. The molecule has 0 unspecified atom stereocenters. The Morgan fingerprint density at radius 1 is 1.00 bits per heavy atom. The first kappa shape index (κ1) is 31.8. The fraction of sp³-hybridized carbons (Fsp3) is 0.364. The summed E-state index contributed by atoms with van der Waals surface area (Å²) in [7, 11) is 0. The topological polar surface area (TPSA) is 125 Å². The third-order valence-electron chi connectivity index (χ3n) is 7.67. The minimum absolute atomic E-state index is 0.0414. The number of nitrogens with one attached hydrogen (secondary N) is 2. The minimum atomic E-state index is -1.11. The Bertz CT molecular complexity index is 1460. The molecule has 0 aliphatic carbocycles. The lowest BCUT2D eigenvalue weighted by Crippen LogP contribution is -2.48. The van der Waals surface area contributed by atoms with E-state index in [1.165, 1.54) is 16.5 Å². The number of carbonyl (C=O) groups is 3. The summed E-state index contributed by atoms with van der Waals surface area (Å²) < 4.78 is 27.9. The zero-order valence-corrected chi connectivity index (χ0v) is 24.4. The quantitative estimate of drug-likeness (QED) is 0.257. The van der Waals surface area contributed by atoms with E-state index in [2.05, 4.69) is 23.6 Å². The van der Waals surface area contributed by atoms with Crippen LogP contribution in [0.25, 0.3) is 0 Å². The van der Waals surface area contributed by atoms with Crippen LogP contribution in [-0.4, -0.2) is 59.0 Å². The van der Waals surface area contributed by atoms with Gasteiger partial charge in [0.1, 0.15) is 17.7 Å². The molecule has 43 heavy (non-hydrogen) atoms. The predicted octanol–water partition coefficient (Wildman–Crippen LogP) is 3.42. The van der Waals surface area contributed by atoms with Crippen molar-refractivity contribution in [2.75, 3.05) is 13.1 Å². The number of likely N-dealkylation sites (tertiary alicyclic amines) is 1. The molecule has 3 aromatic rings. The Labute approximate surface area is 250 Å². The lowest BCUT2D eigenvalue weighted by Gasteiger charge is -2.25. The predicted molar refractivity (Wildman–Crippen MR) is 159 cm³/mol. The SMILES string of the molecule is CCc1cccc(CNC[C@@H](O)[C@H](Cc2cc(F)cc(F)c2)NC(=O)c2cc(C)cc(C(=O)N3CCC[C@@H]3C(N)=O)c2)c1.